The van der Waals surface area contributed by atoms with Gasteiger partial charge < -0.3 is 14.4 Å². The maximum atomic E-state index is 14.2. The Kier molecular flexibility index (Phi) is 10.4. The zero-order valence-electron chi connectivity index (χ0n) is 24.2. The Labute approximate surface area is 253 Å². The van der Waals surface area contributed by atoms with E-state index in [0.717, 1.165) is 4.90 Å². The minimum Gasteiger partial charge on any atom is -0.459 e. The molecule has 10 nitrogen and oxygen atoms in total. The van der Waals surface area contributed by atoms with Crippen LogP contribution in [-0.2, 0) is 32.9 Å². The molecule has 0 aliphatic heterocycles. The number of thiophene rings is 1. The summed E-state index contributed by atoms with van der Waals surface area (Å²) in [6.07, 6.45) is 0.810. The van der Waals surface area contributed by atoms with E-state index in [9.17, 15) is 23.8 Å². The zero-order chi connectivity index (χ0) is 31.5. The minimum atomic E-state index is -5.09. The van der Waals surface area contributed by atoms with Crippen molar-refractivity contribution in [2.75, 3.05) is 11.5 Å². The Bertz CT molecular complexity index is 1510. The average Bonchev–Trinajstić information content (AvgIpc) is 3.29. The standard InChI is InChI=1S/C29H34ClN2O8PS/c1-8-32(22-11-9-10-14-31-22)25(33)24(20-17-42-21-13-12-18(30)15-19(20)21)41(36,37)40-23(39-27(35)29(5,6)7)16-38-26(34)28(2,3)4/h8-15,17,23-24H,1,16H2,2-7H3,(H,36,37). The number of hydrogen-bond acceptors (Lipinski definition) is 9. The molecule has 2 aromatic heterocycles. The van der Waals surface area contributed by atoms with E-state index >= 15 is 0 Å². The van der Waals surface area contributed by atoms with Gasteiger partial charge in [0.05, 0.1) is 10.8 Å². The van der Waals surface area contributed by atoms with E-state index in [1.807, 2.05) is 0 Å². The average molecular weight is 637 g/mol. The van der Waals surface area contributed by atoms with Gasteiger partial charge in [-0.25, -0.2) is 4.98 Å². The van der Waals surface area contributed by atoms with E-state index in [-0.39, 0.29) is 11.4 Å². The van der Waals surface area contributed by atoms with Gasteiger partial charge in [-0.1, -0.05) is 24.2 Å². The molecular weight excluding hydrogens is 603 g/mol. The van der Waals surface area contributed by atoms with Gasteiger partial charge in [0, 0.05) is 22.1 Å². The van der Waals surface area contributed by atoms with Gasteiger partial charge >= 0.3 is 19.5 Å². The fourth-order valence-electron chi connectivity index (χ4n) is 3.58. The van der Waals surface area contributed by atoms with Crippen LogP contribution in [0.1, 0.15) is 52.8 Å². The third kappa shape index (κ3) is 8.05. The lowest BCUT2D eigenvalue weighted by atomic mass is 9.97. The first-order chi connectivity index (χ1) is 19.5. The molecule has 0 saturated heterocycles. The highest BCUT2D eigenvalue weighted by atomic mass is 35.5. The molecule has 0 radical (unpaired) electrons. The molecule has 1 aromatic carbocycles. The van der Waals surface area contributed by atoms with Crippen molar-refractivity contribution in [1.82, 2.24) is 4.98 Å². The number of aromatic nitrogens is 1. The lowest BCUT2D eigenvalue weighted by Gasteiger charge is -2.30. The van der Waals surface area contributed by atoms with Crippen LogP contribution in [0.2, 0.25) is 5.02 Å². The second-order valence-corrected chi connectivity index (χ2v) is 14.6. The molecule has 0 saturated carbocycles. The minimum absolute atomic E-state index is 0.148. The number of benzene rings is 1. The Hall–Kier alpha value is -3.08. The first-order valence-electron chi connectivity index (χ1n) is 12.9. The third-order valence-electron chi connectivity index (χ3n) is 5.82. The van der Waals surface area contributed by atoms with Crippen LogP contribution in [0.15, 0.2) is 60.8 Å². The molecule has 3 rings (SSSR count). The topological polar surface area (TPSA) is 132 Å². The van der Waals surface area contributed by atoms with Gasteiger partial charge in [-0.15, -0.1) is 11.3 Å². The molecule has 0 aliphatic carbocycles. The summed E-state index contributed by atoms with van der Waals surface area (Å²) in [7, 11) is -5.09. The molecule has 2 heterocycles. The van der Waals surface area contributed by atoms with E-state index in [2.05, 4.69) is 11.6 Å². The van der Waals surface area contributed by atoms with Gasteiger partial charge in [0.2, 0.25) is 6.29 Å². The number of esters is 2. The van der Waals surface area contributed by atoms with Crippen molar-refractivity contribution in [3.05, 3.63) is 71.3 Å². The Balaban J connectivity index is 2.11. The summed E-state index contributed by atoms with van der Waals surface area (Å²) >= 11 is 7.47. The third-order valence-corrected chi connectivity index (χ3v) is 8.72. The lowest BCUT2D eigenvalue weighted by molar-refractivity contribution is -0.187. The van der Waals surface area contributed by atoms with Gasteiger partial charge in [0.15, 0.2) is 12.3 Å². The monoisotopic (exact) mass is 636 g/mol. The smallest absolute Gasteiger partial charge is 0.348 e. The van der Waals surface area contributed by atoms with E-state index in [1.165, 1.54) is 29.8 Å². The lowest BCUT2D eigenvalue weighted by Crippen LogP contribution is -2.36. The van der Waals surface area contributed by atoms with E-state index in [0.29, 0.717) is 15.1 Å². The highest BCUT2D eigenvalue weighted by Crippen LogP contribution is 2.60. The molecular formula is C29H34ClN2O8PS. The summed E-state index contributed by atoms with van der Waals surface area (Å²) in [6, 6.07) is 9.77. The summed E-state index contributed by atoms with van der Waals surface area (Å²) in [6.45, 7) is 12.6. The second kappa shape index (κ2) is 13.1. The molecule has 3 unspecified atom stereocenters. The van der Waals surface area contributed by atoms with Crippen LogP contribution in [0.4, 0.5) is 5.82 Å². The molecule has 13 heteroatoms. The van der Waals surface area contributed by atoms with Gasteiger partial charge in [-0.3, -0.25) is 28.4 Å². The van der Waals surface area contributed by atoms with Crippen LogP contribution in [0, 0.1) is 10.8 Å². The predicted molar refractivity (Wildman–Crippen MR) is 162 cm³/mol. The largest absolute Gasteiger partial charge is 0.459 e. The summed E-state index contributed by atoms with van der Waals surface area (Å²) < 4.78 is 31.1. The van der Waals surface area contributed by atoms with Crippen LogP contribution in [0.3, 0.4) is 0 Å². The number of halogens is 1. The van der Waals surface area contributed by atoms with Crippen LogP contribution >= 0.6 is 30.5 Å². The van der Waals surface area contributed by atoms with Crippen molar-refractivity contribution >= 4 is 64.3 Å². The molecule has 0 spiro atoms. The molecule has 0 bridgehead atoms. The maximum Gasteiger partial charge on any atom is 0.348 e. The van der Waals surface area contributed by atoms with Crippen LogP contribution in [-0.4, -0.2) is 40.6 Å². The van der Waals surface area contributed by atoms with E-state index in [1.54, 1.807) is 77.3 Å². The Morgan fingerprint density at radius 1 is 1.12 bits per heavy atom. The highest BCUT2D eigenvalue weighted by molar-refractivity contribution is 7.54. The van der Waals surface area contributed by atoms with Gasteiger partial charge in [0.25, 0.3) is 5.91 Å². The molecule has 1 amide bonds. The number of anilines is 1. The molecule has 42 heavy (non-hydrogen) atoms. The van der Waals surface area contributed by atoms with Gasteiger partial charge in [-0.2, -0.15) is 0 Å². The van der Waals surface area contributed by atoms with Gasteiger partial charge in [0.1, 0.15) is 5.82 Å². The zero-order valence-corrected chi connectivity index (χ0v) is 26.7. The Morgan fingerprint density at radius 3 is 2.36 bits per heavy atom. The summed E-state index contributed by atoms with van der Waals surface area (Å²) in [5, 5.41) is 2.36. The number of hydrogen-bond donors (Lipinski definition) is 1. The van der Waals surface area contributed by atoms with Crippen molar-refractivity contribution < 1.29 is 37.8 Å². The van der Waals surface area contributed by atoms with Crippen LogP contribution in [0.25, 0.3) is 10.1 Å². The SMILES string of the molecule is C=CN(C(=O)C(c1csc2ccc(Cl)cc12)P(=O)(O)OC(COC(=O)C(C)(C)C)OC(=O)C(C)(C)C)c1ccccn1. The first-order valence-corrected chi connectivity index (χ1v) is 15.8. The number of nitrogens with zero attached hydrogens (tertiary/aromatic N) is 2. The summed E-state index contributed by atoms with van der Waals surface area (Å²) in [4.78, 5) is 56.0. The maximum absolute atomic E-state index is 14.2. The predicted octanol–water partition coefficient (Wildman–Crippen LogP) is 6.87. The number of fused-ring (bicyclic) bond motifs is 1. The van der Waals surface area contributed by atoms with Crippen molar-refractivity contribution in [2.45, 2.75) is 53.5 Å². The Morgan fingerprint density at radius 2 is 1.79 bits per heavy atom. The molecule has 3 aromatic rings. The van der Waals surface area contributed by atoms with Crippen molar-refractivity contribution in [1.29, 1.82) is 0 Å². The molecule has 3 atom stereocenters. The van der Waals surface area contributed by atoms with Crippen molar-refractivity contribution in [3.8, 4) is 0 Å². The summed E-state index contributed by atoms with van der Waals surface area (Å²) in [5.41, 5.74) is -3.62. The van der Waals surface area contributed by atoms with Crippen LogP contribution in [0.5, 0.6) is 0 Å². The van der Waals surface area contributed by atoms with E-state index in [4.69, 9.17) is 25.6 Å². The fraction of sp³-hybridized carbons (Fsp3) is 0.379. The number of rotatable bonds is 10. The quantitative estimate of drug-likeness (QED) is 0.144. The number of amides is 1. The number of pyridine rings is 1. The van der Waals surface area contributed by atoms with E-state index < -0.39 is 54.8 Å². The first kappa shape index (κ1) is 33.4. The normalized spacial score (nSPS) is 14.9. The highest BCUT2D eigenvalue weighted by Gasteiger charge is 2.46. The van der Waals surface area contributed by atoms with Crippen LogP contribution < -0.4 is 4.90 Å². The number of carbonyl (C=O) groups is 3. The number of carbonyl (C=O) groups excluding carboxylic acids is 3. The number of ether oxygens (including phenoxy) is 2. The molecule has 0 aliphatic rings. The van der Waals surface area contributed by atoms with Crippen molar-refractivity contribution in [3.63, 3.8) is 0 Å². The van der Waals surface area contributed by atoms with Crippen molar-refractivity contribution in [2.24, 2.45) is 10.8 Å². The molecule has 226 valence electrons. The second-order valence-electron chi connectivity index (χ2n) is 11.4. The summed E-state index contributed by atoms with van der Waals surface area (Å²) in [5.74, 6) is -2.18. The fourth-order valence-corrected chi connectivity index (χ4v) is 6.35. The van der Waals surface area contributed by atoms with Gasteiger partial charge in [-0.05, 0) is 88.2 Å². The molecule has 0 fully saturated rings. The molecule has 1 N–H and O–H groups in total.